The largest absolute Gasteiger partial charge is 0.370 e. The molecule has 1 aromatic rings. The maximum Gasteiger partial charge on any atom is 0.193 e. The van der Waals surface area contributed by atoms with E-state index in [1.807, 2.05) is 6.92 Å². The van der Waals surface area contributed by atoms with E-state index in [0.29, 0.717) is 12.5 Å². The maximum absolute atomic E-state index is 12.5. The first-order valence-electron chi connectivity index (χ1n) is 4.05. The number of rotatable bonds is 2. The summed E-state index contributed by atoms with van der Waals surface area (Å²) >= 11 is 0. The first-order valence-corrected chi connectivity index (χ1v) is 4.05. The highest BCUT2D eigenvalue weighted by atomic mass is 19.1. The summed E-state index contributed by atoms with van der Waals surface area (Å²) < 4.78 is 12.5. The minimum absolute atomic E-state index is 0.267. The van der Waals surface area contributed by atoms with Gasteiger partial charge in [0.25, 0.3) is 0 Å². The van der Waals surface area contributed by atoms with Gasteiger partial charge in [-0.1, -0.05) is 0 Å². The third-order valence-electron chi connectivity index (χ3n) is 1.45. The lowest BCUT2D eigenvalue weighted by Gasteiger charge is -2.03. The van der Waals surface area contributed by atoms with Crippen molar-refractivity contribution in [3.63, 3.8) is 0 Å². The molecule has 1 aromatic carbocycles. The Morgan fingerprint density at radius 1 is 1.46 bits per heavy atom. The van der Waals surface area contributed by atoms with Crippen LogP contribution in [0.4, 0.5) is 10.1 Å². The van der Waals surface area contributed by atoms with Gasteiger partial charge in [-0.15, -0.1) is 0 Å². The van der Waals surface area contributed by atoms with Crippen LogP contribution in [0.2, 0.25) is 0 Å². The predicted octanol–water partition coefficient (Wildman–Crippen LogP) is 1.57. The lowest BCUT2D eigenvalue weighted by atomic mass is 10.3. The average molecular weight is 181 g/mol. The zero-order valence-corrected chi connectivity index (χ0v) is 7.42. The molecule has 0 unspecified atom stereocenters. The monoisotopic (exact) mass is 181 g/mol. The van der Waals surface area contributed by atoms with Crippen molar-refractivity contribution in [3.05, 3.63) is 30.1 Å². The van der Waals surface area contributed by atoms with Crippen LogP contribution in [0.1, 0.15) is 6.92 Å². The van der Waals surface area contributed by atoms with Crippen LogP contribution in [0.3, 0.4) is 0 Å². The van der Waals surface area contributed by atoms with Crippen LogP contribution in [-0.2, 0) is 0 Å². The Kier molecular flexibility index (Phi) is 3.25. The quantitative estimate of drug-likeness (QED) is 0.537. The molecule has 3 N–H and O–H groups in total. The van der Waals surface area contributed by atoms with Crippen molar-refractivity contribution in [3.8, 4) is 0 Å². The zero-order valence-electron chi connectivity index (χ0n) is 7.42. The van der Waals surface area contributed by atoms with E-state index in [1.54, 1.807) is 12.1 Å². The first kappa shape index (κ1) is 9.51. The van der Waals surface area contributed by atoms with Gasteiger partial charge in [0.15, 0.2) is 5.96 Å². The molecular formula is C9H12FN3. The summed E-state index contributed by atoms with van der Waals surface area (Å²) in [4.78, 5) is 3.93. The Bertz CT molecular complexity index is 292. The maximum atomic E-state index is 12.5. The summed E-state index contributed by atoms with van der Waals surface area (Å²) in [7, 11) is 0. The summed E-state index contributed by atoms with van der Waals surface area (Å²) in [6, 6.07) is 5.93. The normalized spacial score (nSPS) is 11.4. The number of hydrogen-bond donors (Lipinski definition) is 2. The van der Waals surface area contributed by atoms with Crippen molar-refractivity contribution in [2.45, 2.75) is 6.92 Å². The van der Waals surface area contributed by atoms with Crippen molar-refractivity contribution in [2.75, 3.05) is 11.9 Å². The van der Waals surface area contributed by atoms with Crippen LogP contribution in [0.25, 0.3) is 0 Å². The topological polar surface area (TPSA) is 50.4 Å². The highest BCUT2D eigenvalue weighted by molar-refractivity contribution is 5.92. The lowest BCUT2D eigenvalue weighted by Crippen LogP contribution is -2.22. The van der Waals surface area contributed by atoms with Crippen molar-refractivity contribution in [1.82, 2.24) is 0 Å². The minimum atomic E-state index is -0.267. The molecule has 0 radical (unpaired) electrons. The minimum Gasteiger partial charge on any atom is -0.370 e. The van der Waals surface area contributed by atoms with E-state index < -0.39 is 0 Å². The molecule has 0 aliphatic rings. The van der Waals surface area contributed by atoms with Gasteiger partial charge in [-0.05, 0) is 31.2 Å². The molecule has 0 bridgehead atoms. The van der Waals surface area contributed by atoms with E-state index in [-0.39, 0.29) is 5.82 Å². The highest BCUT2D eigenvalue weighted by Gasteiger charge is 1.93. The van der Waals surface area contributed by atoms with Gasteiger partial charge in [-0.3, -0.25) is 4.99 Å². The molecule has 0 aromatic heterocycles. The van der Waals surface area contributed by atoms with Crippen LogP contribution >= 0.6 is 0 Å². The van der Waals surface area contributed by atoms with Crippen LogP contribution < -0.4 is 11.1 Å². The van der Waals surface area contributed by atoms with Crippen molar-refractivity contribution < 1.29 is 4.39 Å². The number of aliphatic imine (C=N–C) groups is 1. The second kappa shape index (κ2) is 4.45. The predicted molar refractivity (Wildman–Crippen MR) is 52.2 cm³/mol. The smallest absolute Gasteiger partial charge is 0.193 e. The van der Waals surface area contributed by atoms with Crippen molar-refractivity contribution >= 4 is 11.6 Å². The fourth-order valence-corrected chi connectivity index (χ4v) is 0.891. The number of hydrogen-bond acceptors (Lipinski definition) is 1. The van der Waals surface area contributed by atoms with E-state index in [0.717, 1.165) is 5.69 Å². The Hall–Kier alpha value is -1.58. The van der Waals surface area contributed by atoms with Gasteiger partial charge in [0.1, 0.15) is 5.82 Å². The molecule has 0 aliphatic heterocycles. The molecule has 0 saturated heterocycles. The molecule has 4 heteroatoms. The molecule has 0 spiro atoms. The van der Waals surface area contributed by atoms with Crippen LogP contribution in [-0.4, -0.2) is 12.5 Å². The lowest BCUT2D eigenvalue weighted by molar-refractivity contribution is 0.628. The van der Waals surface area contributed by atoms with E-state index in [1.165, 1.54) is 12.1 Å². The third kappa shape index (κ3) is 3.11. The molecule has 13 heavy (non-hydrogen) atoms. The molecule has 0 aliphatic carbocycles. The molecule has 0 atom stereocenters. The van der Waals surface area contributed by atoms with Gasteiger partial charge in [-0.2, -0.15) is 0 Å². The van der Waals surface area contributed by atoms with Gasteiger partial charge >= 0.3 is 0 Å². The number of guanidine groups is 1. The number of halogens is 1. The van der Waals surface area contributed by atoms with Crippen molar-refractivity contribution in [1.29, 1.82) is 0 Å². The molecule has 70 valence electrons. The molecule has 0 saturated carbocycles. The van der Waals surface area contributed by atoms with E-state index >= 15 is 0 Å². The summed E-state index contributed by atoms with van der Waals surface area (Å²) in [6.07, 6.45) is 0. The highest BCUT2D eigenvalue weighted by Crippen LogP contribution is 2.07. The summed E-state index contributed by atoms with van der Waals surface area (Å²) in [5, 5.41) is 2.83. The van der Waals surface area contributed by atoms with Gasteiger partial charge in [0.2, 0.25) is 0 Å². The van der Waals surface area contributed by atoms with Crippen LogP contribution in [0.5, 0.6) is 0 Å². The number of benzene rings is 1. The van der Waals surface area contributed by atoms with Crippen LogP contribution in [0, 0.1) is 5.82 Å². The molecular weight excluding hydrogens is 169 g/mol. The Labute approximate surface area is 76.5 Å². The number of anilines is 1. The summed E-state index contributed by atoms with van der Waals surface area (Å²) in [5.41, 5.74) is 6.23. The van der Waals surface area contributed by atoms with Gasteiger partial charge in [-0.25, -0.2) is 4.39 Å². The number of nitrogens with two attached hydrogens (primary N) is 1. The number of nitrogens with zero attached hydrogens (tertiary/aromatic N) is 1. The second-order valence-corrected chi connectivity index (χ2v) is 2.49. The van der Waals surface area contributed by atoms with E-state index in [9.17, 15) is 4.39 Å². The SMILES string of the molecule is CCN=C(N)Nc1ccc(F)cc1. The Morgan fingerprint density at radius 2 is 2.08 bits per heavy atom. The molecule has 1 rings (SSSR count). The van der Waals surface area contributed by atoms with E-state index in [2.05, 4.69) is 10.3 Å². The second-order valence-electron chi connectivity index (χ2n) is 2.49. The van der Waals surface area contributed by atoms with Crippen molar-refractivity contribution in [2.24, 2.45) is 10.7 Å². The first-order chi connectivity index (χ1) is 6.22. The Balaban J connectivity index is 2.64. The molecule has 0 fully saturated rings. The van der Waals surface area contributed by atoms with Crippen LogP contribution in [0.15, 0.2) is 29.3 Å². The fourth-order valence-electron chi connectivity index (χ4n) is 0.891. The average Bonchev–Trinajstić information content (AvgIpc) is 2.09. The van der Waals surface area contributed by atoms with Gasteiger partial charge in [0.05, 0.1) is 0 Å². The zero-order chi connectivity index (χ0) is 9.68. The summed E-state index contributed by atoms with van der Waals surface area (Å²) in [5.74, 6) is 0.0747. The molecule has 0 heterocycles. The molecule has 3 nitrogen and oxygen atoms in total. The standard InChI is InChI=1S/C9H12FN3/c1-2-12-9(11)13-8-5-3-7(10)4-6-8/h3-6H,2H2,1H3,(H3,11,12,13). The fraction of sp³-hybridized carbons (Fsp3) is 0.222. The summed E-state index contributed by atoms with van der Waals surface area (Å²) in [6.45, 7) is 2.51. The third-order valence-corrected chi connectivity index (χ3v) is 1.45. The number of nitrogens with one attached hydrogen (secondary N) is 1. The van der Waals surface area contributed by atoms with E-state index in [4.69, 9.17) is 5.73 Å². The Morgan fingerprint density at radius 3 is 2.62 bits per heavy atom. The van der Waals surface area contributed by atoms with Gasteiger partial charge in [0, 0.05) is 12.2 Å². The molecule has 0 amide bonds. The van der Waals surface area contributed by atoms with Gasteiger partial charge < -0.3 is 11.1 Å².